The van der Waals surface area contributed by atoms with Crippen LogP contribution in [0.25, 0.3) is 0 Å². The fraction of sp³-hybridized carbons (Fsp3) is 0.250. The third-order valence-electron chi connectivity index (χ3n) is 2.12. The first kappa shape index (κ1) is 13.7. The van der Waals surface area contributed by atoms with Crippen molar-refractivity contribution in [3.8, 4) is 0 Å². The number of hydrogen-bond donors (Lipinski definition) is 2. The summed E-state index contributed by atoms with van der Waals surface area (Å²) in [6.45, 7) is 5.63. The second-order valence-electron chi connectivity index (χ2n) is 3.53. The lowest BCUT2D eigenvalue weighted by atomic mass is 10.2. The highest BCUT2D eigenvalue weighted by molar-refractivity contribution is 9.10. The summed E-state index contributed by atoms with van der Waals surface area (Å²) >= 11 is 3.07. The topological polar surface area (TPSA) is 41.1 Å². The van der Waals surface area contributed by atoms with Crippen LogP contribution in [0.3, 0.4) is 0 Å². The molecule has 0 radical (unpaired) electrons. The van der Waals surface area contributed by atoms with Gasteiger partial charge in [0.2, 0.25) is 5.91 Å². The summed E-state index contributed by atoms with van der Waals surface area (Å²) in [6.07, 6.45) is 1.60. The Morgan fingerprint density at radius 3 is 2.94 bits per heavy atom. The zero-order chi connectivity index (χ0) is 12.8. The van der Waals surface area contributed by atoms with Crippen molar-refractivity contribution in [1.82, 2.24) is 5.32 Å². The standard InChI is InChI=1S/C12H14BrFN2O/c1-3-6-15-12(17)8(2)16-9-4-5-10(13)11(14)7-9/h3-5,7-8,16H,1,6H2,2H3,(H,15,17). The van der Waals surface area contributed by atoms with Gasteiger partial charge < -0.3 is 10.6 Å². The summed E-state index contributed by atoms with van der Waals surface area (Å²) in [5, 5.41) is 5.57. The van der Waals surface area contributed by atoms with Crippen molar-refractivity contribution < 1.29 is 9.18 Å². The molecule has 0 aliphatic carbocycles. The highest BCUT2D eigenvalue weighted by Gasteiger charge is 2.11. The van der Waals surface area contributed by atoms with Gasteiger partial charge in [-0.2, -0.15) is 0 Å². The first-order valence-corrected chi connectivity index (χ1v) is 5.94. The van der Waals surface area contributed by atoms with Crippen molar-refractivity contribution in [2.75, 3.05) is 11.9 Å². The largest absolute Gasteiger partial charge is 0.374 e. The van der Waals surface area contributed by atoms with E-state index in [-0.39, 0.29) is 11.7 Å². The molecule has 5 heteroatoms. The van der Waals surface area contributed by atoms with Crippen molar-refractivity contribution in [3.63, 3.8) is 0 Å². The molecule has 0 aliphatic rings. The maximum absolute atomic E-state index is 13.2. The molecule has 2 N–H and O–H groups in total. The maximum atomic E-state index is 13.2. The molecular formula is C12H14BrFN2O. The van der Waals surface area contributed by atoms with Gasteiger partial charge in [-0.1, -0.05) is 6.08 Å². The van der Waals surface area contributed by atoms with Crippen LogP contribution >= 0.6 is 15.9 Å². The molecule has 0 saturated heterocycles. The lowest BCUT2D eigenvalue weighted by molar-refractivity contribution is -0.121. The molecule has 0 aromatic heterocycles. The van der Waals surface area contributed by atoms with Crippen molar-refractivity contribution in [1.29, 1.82) is 0 Å². The smallest absolute Gasteiger partial charge is 0.242 e. The minimum Gasteiger partial charge on any atom is -0.374 e. The monoisotopic (exact) mass is 300 g/mol. The average Bonchev–Trinajstić information content (AvgIpc) is 2.30. The van der Waals surface area contributed by atoms with Gasteiger partial charge in [-0.25, -0.2) is 4.39 Å². The molecule has 1 unspecified atom stereocenters. The summed E-state index contributed by atoms with van der Waals surface area (Å²) in [7, 11) is 0. The SMILES string of the molecule is C=CCNC(=O)C(C)Nc1ccc(Br)c(F)c1. The summed E-state index contributed by atoms with van der Waals surface area (Å²) in [5.74, 6) is -0.526. The number of anilines is 1. The van der Waals surface area contributed by atoms with Crippen molar-refractivity contribution in [2.24, 2.45) is 0 Å². The molecule has 1 rings (SSSR count). The fourth-order valence-electron chi connectivity index (χ4n) is 1.23. The molecule has 0 aliphatic heterocycles. The molecule has 3 nitrogen and oxygen atoms in total. The minimum atomic E-state index is -0.435. The third-order valence-corrected chi connectivity index (χ3v) is 2.76. The first-order valence-electron chi connectivity index (χ1n) is 5.14. The number of nitrogens with one attached hydrogen (secondary N) is 2. The summed E-state index contributed by atoms with van der Waals surface area (Å²) < 4.78 is 13.6. The van der Waals surface area contributed by atoms with E-state index >= 15 is 0 Å². The number of hydrogen-bond acceptors (Lipinski definition) is 2. The zero-order valence-electron chi connectivity index (χ0n) is 9.47. The Labute approximate surface area is 108 Å². The van der Waals surface area contributed by atoms with Crippen LogP contribution < -0.4 is 10.6 Å². The second kappa shape index (κ2) is 6.39. The van der Waals surface area contributed by atoms with Crippen LogP contribution in [0.2, 0.25) is 0 Å². The Morgan fingerprint density at radius 2 is 2.35 bits per heavy atom. The Kier molecular flexibility index (Phi) is 5.15. The highest BCUT2D eigenvalue weighted by atomic mass is 79.9. The Balaban J connectivity index is 2.61. The summed E-state index contributed by atoms with van der Waals surface area (Å²) in [4.78, 5) is 11.5. The molecule has 1 amide bonds. The molecule has 0 bridgehead atoms. The van der Waals surface area contributed by atoms with E-state index in [9.17, 15) is 9.18 Å². The first-order chi connectivity index (χ1) is 8.04. The predicted molar refractivity (Wildman–Crippen MR) is 70.4 cm³/mol. The fourth-order valence-corrected chi connectivity index (χ4v) is 1.47. The van der Waals surface area contributed by atoms with Crippen molar-refractivity contribution in [2.45, 2.75) is 13.0 Å². The van der Waals surface area contributed by atoms with Crippen LogP contribution in [0.1, 0.15) is 6.92 Å². The van der Waals surface area contributed by atoms with Crippen LogP contribution in [0.5, 0.6) is 0 Å². The van der Waals surface area contributed by atoms with Crippen LogP contribution in [-0.4, -0.2) is 18.5 Å². The number of amides is 1. The quantitative estimate of drug-likeness (QED) is 0.821. The lowest BCUT2D eigenvalue weighted by Crippen LogP contribution is -2.37. The second-order valence-corrected chi connectivity index (χ2v) is 4.38. The number of carbonyl (C=O) groups is 1. The van der Waals surface area contributed by atoms with Gasteiger partial charge in [0.1, 0.15) is 11.9 Å². The van der Waals surface area contributed by atoms with Gasteiger partial charge >= 0.3 is 0 Å². The molecule has 17 heavy (non-hydrogen) atoms. The van der Waals surface area contributed by atoms with E-state index in [1.807, 2.05) is 0 Å². The number of carbonyl (C=O) groups excluding carboxylic acids is 1. The Hall–Kier alpha value is -1.36. The van der Waals surface area contributed by atoms with Crippen molar-refractivity contribution in [3.05, 3.63) is 41.1 Å². The van der Waals surface area contributed by atoms with E-state index in [2.05, 4.69) is 33.1 Å². The van der Waals surface area contributed by atoms with Crippen LogP contribution in [0.4, 0.5) is 10.1 Å². The normalized spacial score (nSPS) is 11.7. The predicted octanol–water partition coefficient (Wildman–Crippen LogP) is 2.69. The van der Waals surface area contributed by atoms with Gasteiger partial charge in [0.25, 0.3) is 0 Å². The van der Waals surface area contributed by atoms with Gasteiger partial charge in [0.15, 0.2) is 0 Å². The maximum Gasteiger partial charge on any atom is 0.242 e. The summed E-state index contributed by atoms with van der Waals surface area (Å²) in [5.41, 5.74) is 0.562. The van der Waals surface area contributed by atoms with Gasteiger partial charge in [-0.05, 0) is 41.1 Å². The molecule has 1 aromatic rings. The number of halogens is 2. The van der Waals surface area contributed by atoms with E-state index in [0.717, 1.165) is 0 Å². The molecule has 1 aromatic carbocycles. The van der Waals surface area contributed by atoms with E-state index in [4.69, 9.17) is 0 Å². The Bertz CT molecular complexity index is 423. The molecule has 0 fully saturated rings. The van der Waals surface area contributed by atoms with E-state index in [1.54, 1.807) is 25.1 Å². The van der Waals surface area contributed by atoms with Crippen LogP contribution in [-0.2, 0) is 4.79 Å². The van der Waals surface area contributed by atoms with Gasteiger partial charge in [0, 0.05) is 12.2 Å². The van der Waals surface area contributed by atoms with Crippen LogP contribution in [0, 0.1) is 5.82 Å². The van der Waals surface area contributed by atoms with E-state index in [0.29, 0.717) is 16.7 Å². The van der Waals surface area contributed by atoms with Gasteiger partial charge in [-0.15, -0.1) is 6.58 Å². The van der Waals surface area contributed by atoms with E-state index in [1.165, 1.54) is 6.07 Å². The number of benzene rings is 1. The lowest BCUT2D eigenvalue weighted by Gasteiger charge is -2.14. The third kappa shape index (κ3) is 4.19. The Morgan fingerprint density at radius 1 is 1.65 bits per heavy atom. The van der Waals surface area contributed by atoms with Gasteiger partial charge in [-0.3, -0.25) is 4.79 Å². The molecule has 0 spiro atoms. The number of rotatable bonds is 5. The zero-order valence-corrected chi connectivity index (χ0v) is 11.1. The molecule has 1 atom stereocenters. The van der Waals surface area contributed by atoms with E-state index < -0.39 is 6.04 Å². The van der Waals surface area contributed by atoms with Gasteiger partial charge in [0.05, 0.1) is 4.47 Å². The average molecular weight is 301 g/mol. The molecule has 92 valence electrons. The van der Waals surface area contributed by atoms with Crippen molar-refractivity contribution >= 4 is 27.5 Å². The molecule has 0 heterocycles. The summed E-state index contributed by atoms with van der Waals surface area (Å²) in [6, 6.07) is 4.19. The molecule has 0 saturated carbocycles. The molecular weight excluding hydrogens is 287 g/mol. The van der Waals surface area contributed by atoms with Crippen LogP contribution in [0.15, 0.2) is 35.3 Å². The highest BCUT2D eigenvalue weighted by Crippen LogP contribution is 2.19. The minimum absolute atomic E-state index is 0.159.